The highest BCUT2D eigenvalue weighted by Crippen LogP contribution is 2.44. The quantitative estimate of drug-likeness (QED) is 0.151. The molecule has 206 valence electrons. The van der Waals surface area contributed by atoms with E-state index in [1.54, 1.807) is 18.2 Å². The van der Waals surface area contributed by atoms with Crippen LogP contribution < -0.4 is 9.64 Å². The molecule has 0 saturated carbocycles. The maximum absolute atomic E-state index is 13.6. The highest BCUT2D eigenvalue weighted by Gasteiger charge is 2.48. The predicted molar refractivity (Wildman–Crippen MR) is 161 cm³/mol. The zero-order valence-electron chi connectivity index (χ0n) is 23.7. The second kappa shape index (κ2) is 10.5. The lowest BCUT2D eigenvalue weighted by molar-refractivity contribution is -0.132. The molecule has 4 aromatic rings. The molecule has 1 aliphatic rings. The summed E-state index contributed by atoms with van der Waals surface area (Å²) in [5, 5.41) is 12.0. The molecular weight excluding hydrogens is 520 g/mol. The smallest absolute Gasteiger partial charge is 0.301 e. The first-order valence-electron chi connectivity index (χ1n) is 13.5. The van der Waals surface area contributed by atoms with Crippen LogP contribution in [0.15, 0.2) is 72.3 Å². The third-order valence-electron chi connectivity index (χ3n) is 7.05. The van der Waals surface area contributed by atoms with Crippen LogP contribution in [0.4, 0.5) is 5.13 Å². The van der Waals surface area contributed by atoms with Crippen LogP contribution in [-0.4, -0.2) is 28.4 Å². The van der Waals surface area contributed by atoms with Gasteiger partial charge in [-0.15, -0.1) is 0 Å². The first kappa shape index (κ1) is 27.6. The van der Waals surface area contributed by atoms with Crippen molar-refractivity contribution in [3.63, 3.8) is 0 Å². The van der Waals surface area contributed by atoms with Crippen molar-refractivity contribution in [1.29, 1.82) is 0 Å². The molecule has 1 aromatic heterocycles. The molecule has 1 saturated heterocycles. The maximum Gasteiger partial charge on any atom is 0.301 e. The Kier molecular flexibility index (Phi) is 7.27. The van der Waals surface area contributed by atoms with E-state index in [9.17, 15) is 14.7 Å². The van der Waals surface area contributed by atoms with Gasteiger partial charge < -0.3 is 9.84 Å². The standard InChI is InChI=1S/C33H34N2O4S/c1-19(2)18-39-25-16-13-22(17-20(25)3)29(36)27-28(21-11-14-23(15-12-21)33(4,5)6)35(31(38)30(27)37)32-34-24-9-7-8-10-26(24)40-32/h7-17,19,28,36H,18H2,1-6H3/b29-27+. The highest BCUT2D eigenvalue weighted by atomic mass is 32.1. The molecule has 1 N–H and O–H groups in total. The zero-order chi connectivity index (χ0) is 28.8. The number of carbonyl (C=O) groups is 2. The minimum atomic E-state index is -0.827. The van der Waals surface area contributed by atoms with Gasteiger partial charge in [-0.1, -0.05) is 82.4 Å². The van der Waals surface area contributed by atoms with E-state index in [0.29, 0.717) is 23.2 Å². The largest absolute Gasteiger partial charge is 0.507 e. The molecule has 0 spiro atoms. The summed E-state index contributed by atoms with van der Waals surface area (Å²) in [6.45, 7) is 13.0. The minimum Gasteiger partial charge on any atom is -0.507 e. The van der Waals surface area contributed by atoms with Gasteiger partial charge in [-0.3, -0.25) is 14.5 Å². The minimum absolute atomic E-state index is 0.0445. The van der Waals surface area contributed by atoms with E-state index in [1.165, 1.54) is 16.2 Å². The SMILES string of the molecule is Cc1cc(/C(O)=C2\C(=O)C(=O)N(c3nc4ccccc4s3)C2c2ccc(C(C)(C)C)cc2)ccc1OCC(C)C. The summed E-state index contributed by atoms with van der Waals surface area (Å²) < 4.78 is 6.81. The fourth-order valence-corrected chi connectivity index (χ4v) is 5.84. The van der Waals surface area contributed by atoms with Crippen LogP contribution >= 0.6 is 11.3 Å². The number of hydrogen-bond acceptors (Lipinski definition) is 6. The Bertz CT molecular complexity index is 1590. The van der Waals surface area contributed by atoms with Crippen molar-refractivity contribution in [3.05, 3.63) is 94.6 Å². The van der Waals surface area contributed by atoms with Crippen molar-refractivity contribution in [2.75, 3.05) is 11.5 Å². The number of anilines is 1. The van der Waals surface area contributed by atoms with E-state index in [-0.39, 0.29) is 16.7 Å². The van der Waals surface area contributed by atoms with Crippen LogP contribution in [0.3, 0.4) is 0 Å². The van der Waals surface area contributed by atoms with E-state index < -0.39 is 17.7 Å². The van der Waals surface area contributed by atoms with Crippen molar-refractivity contribution >= 4 is 44.1 Å². The summed E-state index contributed by atoms with van der Waals surface area (Å²) >= 11 is 1.35. The zero-order valence-corrected chi connectivity index (χ0v) is 24.5. The Balaban J connectivity index is 1.65. The Morgan fingerprint density at radius 1 is 1.05 bits per heavy atom. The van der Waals surface area contributed by atoms with Crippen LogP contribution in [0.5, 0.6) is 5.75 Å². The number of amides is 1. The summed E-state index contributed by atoms with van der Waals surface area (Å²) in [5.41, 5.74) is 3.86. The molecule has 1 fully saturated rings. The molecule has 0 radical (unpaired) electrons. The number of aromatic nitrogens is 1. The molecule has 3 aromatic carbocycles. The second-order valence-electron chi connectivity index (χ2n) is 11.7. The van der Waals surface area contributed by atoms with Gasteiger partial charge in [-0.25, -0.2) is 4.98 Å². The lowest BCUT2D eigenvalue weighted by Gasteiger charge is -2.25. The number of aliphatic hydroxyl groups excluding tert-OH is 1. The molecule has 0 aliphatic carbocycles. The number of rotatable bonds is 6. The average Bonchev–Trinajstić information content (AvgIpc) is 3.45. The number of carbonyl (C=O) groups excluding carboxylic acids is 2. The Labute approximate surface area is 238 Å². The van der Waals surface area contributed by atoms with Crippen molar-refractivity contribution in [2.24, 2.45) is 5.92 Å². The molecule has 1 atom stereocenters. The summed E-state index contributed by atoms with van der Waals surface area (Å²) in [6.07, 6.45) is 0. The van der Waals surface area contributed by atoms with Crippen molar-refractivity contribution in [2.45, 2.75) is 53.0 Å². The molecule has 5 rings (SSSR count). The highest BCUT2D eigenvalue weighted by molar-refractivity contribution is 7.22. The molecule has 1 amide bonds. The van der Waals surface area contributed by atoms with Crippen LogP contribution in [0.1, 0.15) is 62.9 Å². The lowest BCUT2D eigenvalue weighted by atomic mass is 9.85. The monoisotopic (exact) mass is 554 g/mol. The first-order valence-corrected chi connectivity index (χ1v) is 14.3. The Hall–Kier alpha value is -3.97. The lowest BCUT2D eigenvalue weighted by Crippen LogP contribution is -2.29. The number of fused-ring (bicyclic) bond motifs is 1. The fourth-order valence-electron chi connectivity index (χ4n) is 4.84. The van der Waals surface area contributed by atoms with E-state index >= 15 is 0 Å². The molecule has 40 heavy (non-hydrogen) atoms. The van der Waals surface area contributed by atoms with Gasteiger partial charge in [0.15, 0.2) is 5.13 Å². The summed E-state index contributed by atoms with van der Waals surface area (Å²) in [6, 6.07) is 20.0. The number of thiazole rings is 1. The molecule has 7 heteroatoms. The van der Waals surface area contributed by atoms with Gasteiger partial charge in [0.05, 0.1) is 28.4 Å². The van der Waals surface area contributed by atoms with Crippen LogP contribution in [0.2, 0.25) is 0 Å². The number of nitrogens with zero attached hydrogens (tertiary/aromatic N) is 2. The Morgan fingerprint density at radius 2 is 1.75 bits per heavy atom. The third kappa shape index (κ3) is 5.13. The van der Waals surface area contributed by atoms with Crippen molar-refractivity contribution in [3.8, 4) is 5.75 Å². The second-order valence-corrected chi connectivity index (χ2v) is 12.7. The number of aliphatic hydroxyl groups is 1. The van der Waals surface area contributed by atoms with E-state index in [1.807, 2.05) is 55.5 Å². The average molecular weight is 555 g/mol. The van der Waals surface area contributed by atoms with Crippen molar-refractivity contribution in [1.82, 2.24) is 4.98 Å². The van der Waals surface area contributed by atoms with Crippen LogP contribution in [-0.2, 0) is 15.0 Å². The molecule has 0 bridgehead atoms. The van der Waals surface area contributed by atoms with Gasteiger partial charge in [0.2, 0.25) is 0 Å². The number of para-hydroxylation sites is 1. The Morgan fingerprint density at radius 3 is 2.38 bits per heavy atom. The van der Waals surface area contributed by atoms with Gasteiger partial charge in [-0.05, 0) is 65.3 Å². The molecule has 6 nitrogen and oxygen atoms in total. The van der Waals surface area contributed by atoms with Gasteiger partial charge in [0.1, 0.15) is 11.5 Å². The first-order chi connectivity index (χ1) is 19.0. The number of ketones is 1. The fraction of sp³-hybridized carbons (Fsp3) is 0.303. The third-order valence-corrected chi connectivity index (χ3v) is 8.08. The number of aryl methyl sites for hydroxylation is 1. The van der Waals surface area contributed by atoms with Gasteiger partial charge in [0.25, 0.3) is 5.78 Å². The van der Waals surface area contributed by atoms with E-state index in [2.05, 4.69) is 39.6 Å². The molecular formula is C33H34N2O4S. The molecule has 1 aliphatic heterocycles. The summed E-state index contributed by atoms with van der Waals surface area (Å²) in [4.78, 5) is 33.3. The van der Waals surface area contributed by atoms with Gasteiger partial charge in [-0.2, -0.15) is 0 Å². The summed E-state index contributed by atoms with van der Waals surface area (Å²) in [7, 11) is 0. The van der Waals surface area contributed by atoms with E-state index in [4.69, 9.17) is 4.74 Å². The van der Waals surface area contributed by atoms with Gasteiger partial charge >= 0.3 is 5.91 Å². The van der Waals surface area contributed by atoms with E-state index in [0.717, 1.165) is 32.7 Å². The number of benzene rings is 3. The normalized spacial score (nSPS) is 17.3. The number of hydrogen-bond donors (Lipinski definition) is 1. The molecule has 2 heterocycles. The van der Waals surface area contributed by atoms with Crippen molar-refractivity contribution < 1.29 is 19.4 Å². The predicted octanol–water partition coefficient (Wildman–Crippen LogP) is 7.56. The summed E-state index contributed by atoms with van der Waals surface area (Å²) in [5.74, 6) is -0.575. The molecule has 1 unspecified atom stereocenters. The van der Waals surface area contributed by atoms with Crippen LogP contribution in [0, 0.1) is 12.8 Å². The topological polar surface area (TPSA) is 79.7 Å². The number of Topliss-reactive ketones (excluding diaryl/α,β-unsaturated/α-hetero) is 1. The number of ether oxygens (including phenoxy) is 1. The maximum atomic E-state index is 13.6. The van der Waals surface area contributed by atoms with Gasteiger partial charge in [0, 0.05) is 5.56 Å². The van der Waals surface area contributed by atoms with Crippen LogP contribution in [0.25, 0.3) is 16.0 Å².